The summed E-state index contributed by atoms with van der Waals surface area (Å²) in [5.74, 6) is -1.67. The molecule has 4 rings (SSSR count). The molecule has 0 bridgehead atoms. The minimum absolute atomic E-state index is 0.264. The second kappa shape index (κ2) is 10.6. The van der Waals surface area contributed by atoms with Gasteiger partial charge >= 0.3 is 11.9 Å². The van der Waals surface area contributed by atoms with E-state index in [4.69, 9.17) is 9.47 Å². The van der Waals surface area contributed by atoms with Gasteiger partial charge in [0.1, 0.15) is 5.75 Å². The van der Waals surface area contributed by atoms with Crippen molar-refractivity contribution < 1.29 is 29.0 Å². The molecular weight excluding hydrogens is 444 g/mol. The number of hydrogen-bond acceptors (Lipinski definition) is 6. The predicted octanol–water partition coefficient (Wildman–Crippen LogP) is 4.57. The Bertz CT molecular complexity index is 1260. The lowest BCUT2D eigenvalue weighted by Crippen LogP contribution is -2.39. The molecule has 0 atom stereocenters. The molecule has 35 heavy (non-hydrogen) atoms. The van der Waals surface area contributed by atoms with Crippen LogP contribution in [0.2, 0.25) is 0 Å². The van der Waals surface area contributed by atoms with E-state index in [9.17, 15) is 19.5 Å². The van der Waals surface area contributed by atoms with Gasteiger partial charge in [-0.1, -0.05) is 78.9 Å². The fourth-order valence-corrected chi connectivity index (χ4v) is 3.53. The number of carbonyl (C=O) groups is 3. The molecule has 0 aliphatic carbocycles. The van der Waals surface area contributed by atoms with E-state index in [1.807, 2.05) is 0 Å². The number of Topliss-reactive ketones (excluding diaryl/α,β-unsaturated/α-hetero) is 1. The third kappa shape index (κ3) is 5.34. The van der Waals surface area contributed by atoms with Crippen LogP contribution in [0.3, 0.4) is 0 Å². The Labute approximate surface area is 202 Å². The maximum Gasteiger partial charge on any atom is 0.348 e. The standard InChI is InChI=1S/C29H22O6/c30-26(21-16-18-25(19-17-21)35-27(31)22-10-4-1-5-11-22)20-34-28(32)29(33,23-12-6-2-7-13-23)24-14-8-3-9-15-24/h1-19,33H,20H2. The smallest absolute Gasteiger partial charge is 0.348 e. The van der Waals surface area contributed by atoms with Crippen molar-refractivity contribution in [2.24, 2.45) is 0 Å². The first-order chi connectivity index (χ1) is 17.0. The Balaban J connectivity index is 1.43. The van der Waals surface area contributed by atoms with Crippen molar-refractivity contribution >= 4 is 17.7 Å². The molecule has 0 saturated heterocycles. The van der Waals surface area contributed by atoms with Gasteiger partial charge in [0, 0.05) is 5.56 Å². The lowest BCUT2D eigenvalue weighted by atomic mass is 9.86. The maximum atomic E-state index is 13.0. The zero-order valence-corrected chi connectivity index (χ0v) is 18.7. The number of rotatable bonds is 8. The van der Waals surface area contributed by atoms with E-state index in [-0.39, 0.29) is 11.3 Å². The third-order valence-corrected chi connectivity index (χ3v) is 5.41. The predicted molar refractivity (Wildman–Crippen MR) is 129 cm³/mol. The summed E-state index contributed by atoms with van der Waals surface area (Å²) in [5, 5.41) is 11.4. The Morgan fingerprint density at radius 2 is 1.11 bits per heavy atom. The van der Waals surface area contributed by atoms with Crippen LogP contribution in [-0.4, -0.2) is 29.4 Å². The summed E-state index contributed by atoms with van der Waals surface area (Å²) in [7, 11) is 0. The molecule has 0 aliphatic heterocycles. The lowest BCUT2D eigenvalue weighted by molar-refractivity contribution is -0.160. The largest absolute Gasteiger partial charge is 0.455 e. The number of ether oxygens (including phenoxy) is 2. The molecule has 0 fully saturated rings. The molecular formula is C29H22O6. The summed E-state index contributed by atoms with van der Waals surface area (Å²) in [6, 6.07) is 31.3. The molecule has 4 aromatic rings. The normalized spacial score (nSPS) is 10.9. The number of aliphatic hydroxyl groups is 1. The minimum Gasteiger partial charge on any atom is -0.455 e. The summed E-state index contributed by atoms with van der Waals surface area (Å²) in [5.41, 5.74) is -0.746. The average molecular weight is 466 g/mol. The fourth-order valence-electron chi connectivity index (χ4n) is 3.53. The van der Waals surface area contributed by atoms with Crippen molar-refractivity contribution in [2.75, 3.05) is 6.61 Å². The Morgan fingerprint density at radius 1 is 0.629 bits per heavy atom. The monoisotopic (exact) mass is 466 g/mol. The SMILES string of the molecule is O=C(COC(=O)C(O)(c1ccccc1)c1ccccc1)c1ccc(OC(=O)c2ccccc2)cc1. The molecule has 0 aromatic heterocycles. The average Bonchev–Trinajstić information content (AvgIpc) is 2.93. The van der Waals surface area contributed by atoms with E-state index in [2.05, 4.69) is 0 Å². The van der Waals surface area contributed by atoms with Crippen LogP contribution in [0.1, 0.15) is 31.8 Å². The van der Waals surface area contributed by atoms with Gasteiger partial charge in [0.05, 0.1) is 5.56 Å². The first kappa shape index (κ1) is 23.6. The van der Waals surface area contributed by atoms with E-state index in [1.54, 1.807) is 91.0 Å². The van der Waals surface area contributed by atoms with Crippen molar-refractivity contribution in [3.63, 3.8) is 0 Å². The Kier molecular flexibility index (Phi) is 7.14. The second-order valence-electron chi connectivity index (χ2n) is 7.72. The summed E-state index contributed by atoms with van der Waals surface area (Å²) >= 11 is 0. The molecule has 0 spiro atoms. The van der Waals surface area contributed by atoms with Crippen LogP contribution in [0.15, 0.2) is 115 Å². The number of ketones is 1. The molecule has 0 radical (unpaired) electrons. The molecule has 6 nitrogen and oxygen atoms in total. The van der Waals surface area contributed by atoms with Crippen LogP contribution >= 0.6 is 0 Å². The van der Waals surface area contributed by atoms with E-state index in [0.29, 0.717) is 16.7 Å². The van der Waals surface area contributed by atoms with E-state index in [0.717, 1.165) is 0 Å². The highest BCUT2D eigenvalue weighted by Crippen LogP contribution is 2.31. The third-order valence-electron chi connectivity index (χ3n) is 5.41. The van der Waals surface area contributed by atoms with Crippen LogP contribution in [-0.2, 0) is 15.1 Å². The molecule has 0 saturated carbocycles. The van der Waals surface area contributed by atoms with Crippen molar-refractivity contribution in [3.05, 3.63) is 138 Å². The van der Waals surface area contributed by atoms with Crippen LogP contribution in [0.25, 0.3) is 0 Å². The highest BCUT2D eigenvalue weighted by atomic mass is 16.6. The van der Waals surface area contributed by atoms with E-state index in [1.165, 1.54) is 24.3 Å². The van der Waals surface area contributed by atoms with Crippen LogP contribution in [0.4, 0.5) is 0 Å². The van der Waals surface area contributed by atoms with Gasteiger partial charge in [0.15, 0.2) is 12.4 Å². The van der Waals surface area contributed by atoms with E-state index >= 15 is 0 Å². The summed E-state index contributed by atoms with van der Waals surface area (Å²) in [6.45, 7) is -0.566. The Hall–Kier alpha value is -4.55. The first-order valence-corrected chi connectivity index (χ1v) is 10.9. The fraction of sp³-hybridized carbons (Fsp3) is 0.0690. The Morgan fingerprint density at radius 3 is 1.63 bits per heavy atom. The van der Waals surface area contributed by atoms with Gasteiger partial charge in [-0.05, 0) is 47.5 Å². The molecule has 4 aromatic carbocycles. The highest BCUT2D eigenvalue weighted by molar-refractivity contribution is 5.99. The summed E-state index contributed by atoms with van der Waals surface area (Å²) in [4.78, 5) is 37.8. The van der Waals surface area contributed by atoms with Crippen LogP contribution in [0.5, 0.6) is 5.75 Å². The molecule has 0 aliphatic rings. The topological polar surface area (TPSA) is 89.9 Å². The number of benzene rings is 4. The number of esters is 2. The molecule has 174 valence electrons. The second-order valence-corrected chi connectivity index (χ2v) is 7.72. The highest BCUT2D eigenvalue weighted by Gasteiger charge is 2.41. The quantitative estimate of drug-likeness (QED) is 0.233. The molecule has 1 N–H and O–H groups in total. The number of carbonyl (C=O) groups excluding carboxylic acids is 3. The zero-order chi connectivity index (χ0) is 24.7. The van der Waals surface area contributed by atoms with Crippen molar-refractivity contribution in [1.29, 1.82) is 0 Å². The minimum atomic E-state index is -2.07. The summed E-state index contributed by atoms with van der Waals surface area (Å²) in [6.07, 6.45) is 0. The van der Waals surface area contributed by atoms with Crippen molar-refractivity contribution in [1.82, 2.24) is 0 Å². The van der Waals surface area contributed by atoms with Crippen LogP contribution in [0, 0.1) is 0 Å². The summed E-state index contributed by atoms with van der Waals surface area (Å²) < 4.78 is 10.6. The molecule has 6 heteroatoms. The molecule has 0 unspecified atom stereocenters. The van der Waals surface area contributed by atoms with Gasteiger partial charge in [-0.25, -0.2) is 9.59 Å². The first-order valence-electron chi connectivity index (χ1n) is 10.9. The van der Waals surface area contributed by atoms with Gasteiger partial charge in [-0.15, -0.1) is 0 Å². The lowest BCUT2D eigenvalue weighted by Gasteiger charge is -2.26. The molecule has 0 heterocycles. The van der Waals surface area contributed by atoms with Gasteiger partial charge in [-0.3, -0.25) is 4.79 Å². The maximum absolute atomic E-state index is 13.0. The van der Waals surface area contributed by atoms with E-state index < -0.39 is 29.9 Å². The zero-order valence-electron chi connectivity index (χ0n) is 18.7. The van der Waals surface area contributed by atoms with Gasteiger partial charge in [0.2, 0.25) is 5.60 Å². The van der Waals surface area contributed by atoms with Gasteiger partial charge in [-0.2, -0.15) is 0 Å². The van der Waals surface area contributed by atoms with Crippen molar-refractivity contribution in [3.8, 4) is 5.75 Å². The molecule has 0 amide bonds. The van der Waals surface area contributed by atoms with Crippen LogP contribution < -0.4 is 4.74 Å². The van der Waals surface area contributed by atoms with Crippen molar-refractivity contribution in [2.45, 2.75) is 5.60 Å². The van der Waals surface area contributed by atoms with Gasteiger partial charge < -0.3 is 14.6 Å². The van der Waals surface area contributed by atoms with Gasteiger partial charge in [0.25, 0.3) is 0 Å². The number of hydrogen-bond donors (Lipinski definition) is 1.